The molecule has 0 bridgehead atoms. The lowest BCUT2D eigenvalue weighted by Gasteiger charge is -2.45. The third-order valence-electron chi connectivity index (χ3n) is 10.2. The van der Waals surface area contributed by atoms with Gasteiger partial charge in [0.25, 0.3) is 0 Å². The SMILES string of the molecule is CCCCCCCOc1ccc(-c2ccc(C(=O)Oc3ccc(N=Nc4ccc5c(c4)C=C[C@]4(O5)N(C)c5ccccc5C4(C)C)cc3)cc2)cc1. The second kappa shape index (κ2) is 14.9. The number of unbranched alkanes of at least 4 members (excludes halogenated alkanes) is 4. The summed E-state index contributed by atoms with van der Waals surface area (Å²) in [6.07, 6.45) is 10.3. The van der Waals surface area contributed by atoms with Gasteiger partial charge in [-0.2, -0.15) is 10.2 Å². The number of likely N-dealkylation sites (N-methyl/N-ethyl adjacent to an activating group) is 1. The number of anilines is 1. The Balaban J connectivity index is 0.927. The summed E-state index contributed by atoms with van der Waals surface area (Å²) >= 11 is 0. The molecule has 264 valence electrons. The van der Waals surface area contributed by atoms with Crippen molar-refractivity contribution in [3.8, 4) is 28.4 Å². The second-order valence-corrected chi connectivity index (χ2v) is 14.0. The summed E-state index contributed by atoms with van der Waals surface area (Å²) < 4.78 is 18.3. The zero-order chi connectivity index (χ0) is 36.1. The Morgan fingerprint density at radius 2 is 1.40 bits per heavy atom. The molecule has 1 spiro atoms. The van der Waals surface area contributed by atoms with Crippen LogP contribution in [-0.2, 0) is 5.41 Å². The third kappa shape index (κ3) is 6.96. The minimum Gasteiger partial charge on any atom is -0.494 e. The summed E-state index contributed by atoms with van der Waals surface area (Å²) in [5.41, 5.74) is 6.39. The molecule has 0 saturated carbocycles. The van der Waals surface area contributed by atoms with Crippen molar-refractivity contribution in [2.45, 2.75) is 64.0 Å². The molecule has 0 aromatic heterocycles. The van der Waals surface area contributed by atoms with E-state index in [1.54, 1.807) is 36.4 Å². The first-order valence-electron chi connectivity index (χ1n) is 18.2. The molecule has 0 fully saturated rings. The number of carbonyl (C=O) groups excluding carboxylic acids is 1. The van der Waals surface area contributed by atoms with Crippen molar-refractivity contribution >= 4 is 29.1 Å². The molecule has 7 rings (SSSR count). The summed E-state index contributed by atoms with van der Waals surface area (Å²) in [6, 6.07) is 36.8. The average molecular weight is 692 g/mol. The van der Waals surface area contributed by atoms with Gasteiger partial charge in [0.05, 0.1) is 29.0 Å². The average Bonchev–Trinajstić information content (AvgIpc) is 3.33. The van der Waals surface area contributed by atoms with Gasteiger partial charge in [-0.05, 0) is 122 Å². The molecule has 52 heavy (non-hydrogen) atoms. The Bertz CT molecular complexity index is 2090. The summed E-state index contributed by atoms with van der Waals surface area (Å²) in [4.78, 5) is 15.1. The molecule has 0 unspecified atom stereocenters. The molecule has 5 aromatic carbocycles. The summed E-state index contributed by atoms with van der Waals surface area (Å²) in [5, 5.41) is 8.87. The fourth-order valence-electron chi connectivity index (χ4n) is 7.13. The Labute approximate surface area is 306 Å². The van der Waals surface area contributed by atoms with Gasteiger partial charge in [-0.1, -0.05) is 75.1 Å². The summed E-state index contributed by atoms with van der Waals surface area (Å²) in [6.45, 7) is 7.42. The molecule has 0 N–H and O–H groups in total. The van der Waals surface area contributed by atoms with Gasteiger partial charge in [0.2, 0.25) is 5.72 Å². The molecular weight excluding hydrogens is 647 g/mol. The van der Waals surface area contributed by atoms with E-state index < -0.39 is 11.7 Å². The van der Waals surface area contributed by atoms with Gasteiger partial charge in [-0.15, -0.1) is 0 Å². The van der Waals surface area contributed by atoms with Crippen molar-refractivity contribution < 1.29 is 19.0 Å². The van der Waals surface area contributed by atoms with Crippen molar-refractivity contribution in [1.82, 2.24) is 0 Å². The van der Waals surface area contributed by atoms with Gasteiger partial charge in [0, 0.05) is 18.3 Å². The number of hydrogen-bond acceptors (Lipinski definition) is 7. The van der Waals surface area contributed by atoms with E-state index in [9.17, 15) is 4.79 Å². The molecule has 0 saturated heterocycles. The van der Waals surface area contributed by atoms with Crippen molar-refractivity contribution in [1.29, 1.82) is 0 Å². The molecule has 0 radical (unpaired) electrons. The normalized spacial score (nSPS) is 16.8. The topological polar surface area (TPSA) is 72.7 Å². The highest BCUT2D eigenvalue weighted by Gasteiger charge is 2.57. The molecular formula is C45H45N3O4. The molecule has 5 aromatic rings. The minimum absolute atomic E-state index is 0.258. The zero-order valence-electron chi connectivity index (χ0n) is 30.3. The largest absolute Gasteiger partial charge is 0.494 e. The predicted molar refractivity (Wildman–Crippen MR) is 208 cm³/mol. The highest BCUT2D eigenvalue weighted by atomic mass is 16.5. The lowest BCUT2D eigenvalue weighted by molar-refractivity contribution is 0.0582. The summed E-state index contributed by atoms with van der Waals surface area (Å²) in [5.74, 6) is 1.68. The van der Waals surface area contributed by atoms with Crippen LogP contribution in [-0.4, -0.2) is 25.3 Å². The van der Waals surface area contributed by atoms with Gasteiger partial charge < -0.3 is 19.1 Å². The van der Waals surface area contributed by atoms with Crippen molar-refractivity contribution in [3.05, 3.63) is 138 Å². The number of carbonyl (C=O) groups is 1. The van der Waals surface area contributed by atoms with E-state index in [-0.39, 0.29) is 5.41 Å². The molecule has 2 aliphatic heterocycles. The van der Waals surface area contributed by atoms with Crippen LogP contribution in [0, 0.1) is 0 Å². The van der Waals surface area contributed by atoms with Crippen LogP contribution in [0.25, 0.3) is 17.2 Å². The third-order valence-corrected chi connectivity index (χ3v) is 10.2. The van der Waals surface area contributed by atoms with Crippen molar-refractivity contribution in [3.63, 3.8) is 0 Å². The Hall–Kier alpha value is -5.69. The zero-order valence-corrected chi connectivity index (χ0v) is 30.3. The number of rotatable bonds is 12. The molecule has 2 aliphatic rings. The van der Waals surface area contributed by atoms with Crippen LogP contribution in [0.5, 0.6) is 17.2 Å². The fourth-order valence-corrected chi connectivity index (χ4v) is 7.13. The van der Waals surface area contributed by atoms with Crippen LogP contribution in [0.2, 0.25) is 0 Å². The maximum atomic E-state index is 12.9. The highest BCUT2D eigenvalue weighted by molar-refractivity contribution is 5.91. The Kier molecular flexibility index (Phi) is 9.95. The number of benzene rings is 5. The first-order chi connectivity index (χ1) is 25.3. The molecule has 7 heteroatoms. The Morgan fingerprint density at radius 1 is 0.750 bits per heavy atom. The van der Waals surface area contributed by atoms with Crippen molar-refractivity contribution in [2.24, 2.45) is 10.2 Å². The van der Waals surface area contributed by atoms with Gasteiger partial charge in [0.1, 0.15) is 17.2 Å². The second-order valence-electron chi connectivity index (χ2n) is 14.0. The van der Waals surface area contributed by atoms with Gasteiger partial charge >= 0.3 is 5.97 Å². The van der Waals surface area contributed by atoms with Crippen LogP contribution in [0.15, 0.2) is 132 Å². The minimum atomic E-state index is -0.628. The lowest BCUT2D eigenvalue weighted by atomic mass is 9.76. The number of esters is 1. The van der Waals surface area contributed by atoms with Gasteiger partial charge in [0.15, 0.2) is 0 Å². The molecule has 0 aliphatic carbocycles. The monoisotopic (exact) mass is 691 g/mol. The van der Waals surface area contributed by atoms with E-state index in [0.717, 1.165) is 41.2 Å². The number of nitrogens with zero attached hydrogens (tertiary/aromatic N) is 3. The maximum absolute atomic E-state index is 12.9. The molecule has 2 heterocycles. The quantitative estimate of drug-likeness (QED) is 0.0563. The van der Waals surface area contributed by atoms with E-state index >= 15 is 0 Å². The number of hydrogen-bond donors (Lipinski definition) is 0. The van der Waals surface area contributed by atoms with Crippen LogP contribution in [0.1, 0.15) is 74.4 Å². The number of ether oxygens (including phenoxy) is 3. The molecule has 1 atom stereocenters. The van der Waals surface area contributed by atoms with E-state index in [0.29, 0.717) is 22.7 Å². The maximum Gasteiger partial charge on any atom is 0.343 e. The highest BCUT2D eigenvalue weighted by Crippen LogP contribution is 2.54. The first kappa shape index (κ1) is 34.7. The van der Waals surface area contributed by atoms with E-state index in [2.05, 4.69) is 79.4 Å². The standard InChI is InChI=1S/C45H45N3O4/c1-5-6-7-8-11-30-50-38-23-18-33(19-24-38)32-14-16-34(17-15-32)43(49)51-39-25-20-36(21-26-39)46-47-37-22-27-42-35(31-37)28-29-45(52-42)44(2,3)40-12-9-10-13-41(40)48(45)4/h9-10,12-29,31H,5-8,11,30H2,1-4H3/t45-/m1/s1. The number of fused-ring (bicyclic) bond motifs is 2. The van der Waals surface area contributed by atoms with Crippen LogP contribution in [0.3, 0.4) is 0 Å². The van der Waals surface area contributed by atoms with Gasteiger partial charge in [-0.25, -0.2) is 4.79 Å². The Morgan fingerprint density at radius 3 is 2.13 bits per heavy atom. The van der Waals surface area contributed by atoms with Crippen LogP contribution >= 0.6 is 0 Å². The molecule has 7 nitrogen and oxygen atoms in total. The first-order valence-corrected chi connectivity index (χ1v) is 18.2. The van der Waals surface area contributed by atoms with E-state index in [1.807, 2.05) is 54.6 Å². The van der Waals surface area contributed by atoms with Gasteiger partial charge in [-0.3, -0.25) is 0 Å². The number of para-hydroxylation sites is 1. The number of azo groups is 1. The molecule has 0 amide bonds. The smallest absolute Gasteiger partial charge is 0.343 e. The van der Waals surface area contributed by atoms with Crippen LogP contribution in [0.4, 0.5) is 17.1 Å². The van der Waals surface area contributed by atoms with E-state index in [1.165, 1.54) is 36.9 Å². The summed E-state index contributed by atoms with van der Waals surface area (Å²) in [7, 11) is 2.09. The van der Waals surface area contributed by atoms with Crippen LogP contribution < -0.4 is 19.1 Å². The lowest BCUT2D eigenvalue weighted by Crippen LogP contribution is -2.58. The predicted octanol–water partition coefficient (Wildman–Crippen LogP) is 11.9. The fraction of sp³-hybridized carbons (Fsp3) is 0.267. The van der Waals surface area contributed by atoms with Crippen molar-refractivity contribution in [2.75, 3.05) is 18.6 Å². The van der Waals surface area contributed by atoms with E-state index in [4.69, 9.17) is 14.2 Å².